The van der Waals surface area contributed by atoms with Crippen molar-refractivity contribution in [3.05, 3.63) is 29.3 Å². The average Bonchev–Trinajstić information content (AvgIpc) is 2.68. The highest BCUT2D eigenvalue weighted by Gasteiger charge is 2.18. The van der Waals surface area contributed by atoms with Crippen LogP contribution in [0, 0.1) is 13.8 Å². The van der Waals surface area contributed by atoms with Gasteiger partial charge in [-0.2, -0.15) is 0 Å². The number of aryl methyl sites for hydroxylation is 2. The van der Waals surface area contributed by atoms with Crippen LogP contribution in [0.5, 0.6) is 0 Å². The van der Waals surface area contributed by atoms with Crippen LogP contribution in [-0.2, 0) is 9.59 Å². The normalized spacial score (nSPS) is 16.2. The first-order chi connectivity index (χ1) is 10.5. The molecule has 1 saturated heterocycles. The summed E-state index contributed by atoms with van der Waals surface area (Å²) in [6.45, 7) is 9.06. The van der Waals surface area contributed by atoms with Crippen LogP contribution in [0.4, 0.5) is 5.69 Å². The highest BCUT2D eigenvalue weighted by molar-refractivity contribution is 5.93. The summed E-state index contributed by atoms with van der Waals surface area (Å²) in [5, 5.41) is 2.99. The molecule has 1 N–H and O–H groups in total. The number of carbonyl (C=O) groups excluding carboxylic acids is 2. The Morgan fingerprint density at radius 3 is 2.64 bits per heavy atom. The van der Waals surface area contributed by atoms with Crippen LogP contribution in [0.2, 0.25) is 0 Å². The Morgan fingerprint density at radius 2 is 1.91 bits per heavy atom. The Kier molecular flexibility index (Phi) is 5.55. The molecule has 0 spiro atoms. The fraction of sp³-hybridized carbons (Fsp3) is 0.529. The lowest BCUT2D eigenvalue weighted by Gasteiger charge is -2.20. The van der Waals surface area contributed by atoms with Gasteiger partial charge in [0.1, 0.15) is 0 Å². The molecule has 1 aliphatic heterocycles. The van der Waals surface area contributed by atoms with E-state index in [9.17, 15) is 9.59 Å². The van der Waals surface area contributed by atoms with E-state index in [4.69, 9.17) is 0 Å². The Hall–Kier alpha value is -1.88. The summed E-state index contributed by atoms with van der Waals surface area (Å²) in [7, 11) is 0. The molecule has 0 aromatic heterocycles. The summed E-state index contributed by atoms with van der Waals surface area (Å²) in [5.41, 5.74) is 3.08. The molecule has 0 aliphatic carbocycles. The predicted molar refractivity (Wildman–Crippen MR) is 87.9 cm³/mol. The zero-order valence-electron chi connectivity index (χ0n) is 13.7. The van der Waals surface area contributed by atoms with Gasteiger partial charge in [0.15, 0.2) is 0 Å². The fourth-order valence-corrected chi connectivity index (χ4v) is 2.71. The first kappa shape index (κ1) is 16.5. The Bertz CT molecular complexity index is 557. The van der Waals surface area contributed by atoms with Crippen LogP contribution >= 0.6 is 0 Å². The van der Waals surface area contributed by atoms with Gasteiger partial charge in [0.25, 0.3) is 0 Å². The minimum Gasteiger partial charge on any atom is -0.342 e. The highest BCUT2D eigenvalue weighted by atomic mass is 16.2. The van der Waals surface area contributed by atoms with E-state index >= 15 is 0 Å². The topological polar surface area (TPSA) is 52.7 Å². The van der Waals surface area contributed by atoms with Crippen molar-refractivity contribution in [1.29, 1.82) is 0 Å². The van der Waals surface area contributed by atoms with Crippen molar-refractivity contribution in [2.24, 2.45) is 0 Å². The second kappa shape index (κ2) is 7.40. The van der Waals surface area contributed by atoms with E-state index < -0.39 is 0 Å². The average molecular weight is 303 g/mol. The molecule has 2 rings (SSSR count). The third kappa shape index (κ3) is 4.56. The first-order valence-corrected chi connectivity index (χ1v) is 7.80. The molecule has 1 aromatic rings. The SMILES string of the molecule is CC(=O)N1CCCN(CC(=O)Nc2cc(C)ccc2C)CC1. The number of amides is 2. The molecule has 22 heavy (non-hydrogen) atoms. The number of anilines is 1. The quantitative estimate of drug-likeness (QED) is 0.926. The lowest BCUT2D eigenvalue weighted by atomic mass is 10.1. The van der Waals surface area contributed by atoms with Crippen molar-refractivity contribution in [2.75, 3.05) is 38.0 Å². The lowest BCUT2D eigenvalue weighted by molar-refractivity contribution is -0.128. The number of carbonyl (C=O) groups is 2. The molecule has 0 saturated carbocycles. The van der Waals surface area contributed by atoms with Gasteiger partial charge in [-0.05, 0) is 37.5 Å². The van der Waals surface area contributed by atoms with Gasteiger partial charge in [-0.3, -0.25) is 14.5 Å². The molecule has 0 bridgehead atoms. The van der Waals surface area contributed by atoms with Crippen LogP contribution < -0.4 is 5.32 Å². The molecule has 0 radical (unpaired) electrons. The largest absolute Gasteiger partial charge is 0.342 e. The molecule has 0 atom stereocenters. The van der Waals surface area contributed by atoms with Crippen molar-refractivity contribution in [1.82, 2.24) is 9.80 Å². The summed E-state index contributed by atoms with van der Waals surface area (Å²) >= 11 is 0. The number of hydrogen-bond donors (Lipinski definition) is 1. The Labute approximate surface area is 132 Å². The minimum absolute atomic E-state index is 0.00461. The van der Waals surface area contributed by atoms with E-state index in [1.165, 1.54) is 0 Å². The van der Waals surface area contributed by atoms with Gasteiger partial charge >= 0.3 is 0 Å². The molecule has 5 nitrogen and oxygen atoms in total. The van der Waals surface area contributed by atoms with Gasteiger partial charge in [-0.15, -0.1) is 0 Å². The van der Waals surface area contributed by atoms with Crippen LogP contribution in [-0.4, -0.2) is 54.3 Å². The summed E-state index contributed by atoms with van der Waals surface area (Å²) in [5.74, 6) is 0.117. The smallest absolute Gasteiger partial charge is 0.238 e. The van der Waals surface area contributed by atoms with Crippen molar-refractivity contribution in [2.45, 2.75) is 27.2 Å². The van der Waals surface area contributed by atoms with E-state index in [-0.39, 0.29) is 11.8 Å². The summed E-state index contributed by atoms with van der Waals surface area (Å²) in [6.07, 6.45) is 0.913. The van der Waals surface area contributed by atoms with Crippen LogP contribution in [0.1, 0.15) is 24.5 Å². The van der Waals surface area contributed by atoms with Crippen molar-refractivity contribution in [3.63, 3.8) is 0 Å². The third-order valence-corrected chi connectivity index (χ3v) is 4.07. The maximum atomic E-state index is 12.2. The number of benzene rings is 1. The van der Waals surface area contributed by atoms with Gasteiger partial charge < -0.3 is 10.2 Å². The van der Waals surface area contributed by atoms with Crippen LogP contribution in [0.25, 0.3) is 0 Å². The highest BCUT2D eigenvalue weighted by Crippen LogP contribution is 2.16. The Balaban J connectivity index is 1.89. The van der Waals surface area contributed by atoms with Crippen LogP contribution in [0.3, 0.4) is 0 Å². The van der Waals surface area contributed by atoms with E-state index in [1.54, 1.807) is 6.92 Å². The molecule has 2 amide bonds. The molecule has 1 heterocycles. The van der Waals surface area contributed by atoms with E-state index in [0.717, 1.165) is 42.9 Å². The van der Waals surface area contributed by atoms with E-state index in [0.29, 0.717) is 13.1 Å². The van der Waals surface area contributed by atoms with Crippen molar-refractivity contribution in [3.8, 4) is 0 Å². The summed E-state index contributed by atoms with van der Waals surface area (Å²) < 4.78 is 0. The molecule has 5 heteroatoms. The van der Waals surface area contributed by atoms with Gasteiger partial charge in [-0.25, -0.2) is 0 Å². The summed E-state index contributed by atoms with van der Waals surface area (Å²) in [6, 6.07) is 6.05. The fourth-order valence-electron chi connectivity index (χ4n) is 2.71. The molecule has 1 aromatic carbocycles. The monoisotopic (exact) mass is 303 g/mol. The standard InChI is InChI=1S/C17H25N3O2/c1-13-5-6-14(2)16(11-13)18-17(22)12-19-7-4-8-20(10-9-19)15(3)21/h5-6,11H,4,7-10,12H2,1-3H3,(H,18,22). The molecule has 1 fully saturated rings. The maximum Gasteiger partial charge on any atom is 0.238 e. The van der Waals surface area contributed by atoms with Gasteiger partial charge in [0.05, 0.1) is 6.54 Å². The first-order valence-electron chi connectivity index (χ1n) is 7.80. The Morgan fingerprint density at radius 1 is 1.14 bits per heavy atom. The second-order valence-corrected chi connectivity index (χ2v) is 6.00. The third-order valence-electron chi connectivity index (χ3n) is 4.07. The minimum atomic E-state index is 0.00461. The molecule has 120 valence electrons. The van der Waals surface area contributed by atoms with Gasteiger partial charge in [-0.1, -0.05) is 12.1 Å². The number of nitrogens with zero attached hydrogens (tertiary/aromatic N) is 2. The van der Waals surface area contributed by atoms with Gasteiger partial charge in [0.2, 0.25) is 11.8 Å². The summed E-state index contributed by atoms with van der Waals surface area (Å²) in [4.78, 5) is 27.6. The van der Waals surface area contributed by atoms with Crippen molar-refractivity contribution >= 4 is 17.5 Å². The molecular formula is C17H25N3O2. The van der Waals surface area contributed by atoms with Crippen molar-refractivity contribution < 1.29 is 9.59 Å². The zero-order chi connectivity index (χ0) is 16.1. The second-order valence-electron chi connectivity index (χ2n) is 6.00. The lowest BCUT2D eigenvalue weighted by Crippen LogP contribution is -2.37. The zero-order valence-corrected chi connectivity index (χ0v) is 13.7. The van der Waals surface area contributed by atoms with Gasteiger partial charge in [0, 0.05) is 38.8 Å². The number of hydrogen-bond acceptors (Lipinski definition) is 3. The van der Waals surface area contributed by atoms with E-state index in [1.807, 2.05) is 36.9 Å². The number of nitrogens with one attached hydrogen (secondary N) is 1. The maximum absolute atomic E-state index is 12.2. The van der Waals surface area contributed by atoms with E-state index in [2.05, 4.69) is 10.2 Å². The molecule has 1 aliphatic rings. The number of rotatable bonds is 3. The predicted octanol–water partition coefficient (Wildman–Crippen LogP) is 1.80. The molecule has 0 unspecified atom stereocenters. The van der Waals surface area contributed by atoms with Crippen LogP contribution in [0.15, 0.2) is 18.2 Å². The molecular weight excluding hydrogens is 278 g/mol.